The molecule has 0 rings (SSSR count). The zero-order chi connectivity index (χ0) is 35.7. The van der Waals surface area contributed by atoms with Gasteiger partial charge in [-0.25, -0.2) is 4.79 Å². The Morgan fingerprint density at radius 2 is 1.08 bits per heavy atom. The first-order chi connectivity index (χ1) is 23.1. The van der Waals surface area contributed by atoms with Gasteiger partial charge in [-0.1, -0.05) is 129 Å². The number of likely N-dealkylation sites (N-methyl/N-ethyl adjacent to an activating group) is 1. The van der Waals surface area contributed by atoms with Crippen molar-refractivity contribution in [3.05, 3.63) is 12.2 Å². The molecule has 282 valence electrons. The van der Waals surface area contributed by atoms with Gasteiger partial charge in [-0.05, 0) is 32.1 Å². The lowest BCUT2D eigenvalue weighted by Crippen LogP contribution is -2.40. The molecular weight excluding hydrogens is 610 g/mol. The second-order valence-electron chi connectivity index (χ2n) is 14.2. The third-order valence-electron chi connectivity index (χ3n) is 8.27. The number of unbranched alkanes of at least 4 members (excludes halogenated alkanes) is 18. The number of carbonyl (C=O) groups is 3. The molecule has 0 saturated heterocycles. The fraction of sp³-hybridized carbons (Fsp3) is 0.872. The van der Waals surface area contributed by atoms with Crippen molar-refractivity contribution >= 4 is 17.9 Å². The Labute approximate surface area is 294 Å². The van der Waals surface area contributed by atoms with Crippen LogP contribution in [0.5, 0.6) is 0 Å². The fourth-order valence-electron chi connectivity index (χ4n) is 5.17. The molecule has 0 aromatic carbocycles. The fourth-order valence-corrected chi connectivity index (χ4v) is 5.17. The summed E-state index contributed by atoms with van der Waals surface area (Å²) in [6.45, 7) is 4.80. The maximum Gasteiger partial charge on any atom is 0.361 e. The third-order valence-corrected chi connectivity index (χ3v) is 8.27. The molecule has 9 heteroatoms. The molecule has 0 heterocycles. The largest absolute Gasteiger partial charge is 0.477 e. The smallest absolute Gasteiger partial charge is 0.361 e. The van der Waals surface area contributed by atoms with Gasteiger partial charge in [0, 0.05) is 12.8 Å². The molecule has 0 aliphatic carbocycles. The molecule has 0 radical (unpaired) electrons. The van der Waals surface area contributed by atoms with E-state index in [-0.39, 0.29) is 32.2 Å². The predicted molar refractivity (Wildman–Crippen MR) is 194 cm³/mol. The molecule has 0 aliphatic rings. The summed E-state index contributed by atoms with van der Waals surface area (Å²) in [4.78, 5) is 36.8. The number of allylic oxidation sites excluding steroid dienone is 2. The summed E-state index contributed by atoms with van der Waals surface area (Å²) in [6, 6.07) is 0. The minimum absolute atomic E-state index is 0.181. The summed E-state index contributed by atoms with van der Waals surface area (Å²) in [7, 11) is 5.94. The Morgan fingerprint density at radius 1 is 0.604 bits per heavy atom. The highest BCUT2D eigenvalue weighted by atomic mass is 16.7. The van der Waals surface area contributed by atoms with Crippen molar-refractivity contribution in [1.29, 1.82) is 0 Å². The Bertz CT molecular complexity index is 810. The molecular formula is C39H74NO8+. The number of quaternary nitrogens is 1. The lowest BCUT2D eigenvalue weighted by Gasteiger charge is -2.25. The molecule has 0 fully saturated rings. The second-order valence-corrected chi connectivity index (χ2v) is 14.2. The van der Waals surface area contributed by atoms with E-state index in [4.69, 9.17) is 18.9 Å². The van der Waals surface area contributed by atoms with E-state index in [9.17, 15) is 19.5 Å². The topological polar surface area (TPSA) is 108 Å². The first kappa shape index (κ1) is 46.0. The zero-order valence-corrected chi connectivity index (χ0v) is 31.7. The lowest BCUT2D eigenvalue weighted by atomic mass is 10.0. The predicted octanol–water partition coefficient (Wildman–Crippen LogP) is 9.16. The van der Waals surface area contributed by atoms with Gasteiger partial charge in [-0.3, -0.25) is 9.59 Å². The van der Waals surface area contributed by atoms with Gasteiger partial charge in [0.2, 0.25) is 0 Å². The van der Waals surface area contributed by atoms with Crippen molar-refractivity contribution in [3.8, 4) is 0 Å². The standard InChI is InChI=1S/C39H73NO8/c1-6-8-10-12-14-16-18-20-21-23-25-27-29-36(41)46-33-35(34-47-39(38(43)44)45-32-31-40(3,4)5)48-37(42)30-28-26-24-22-19-17-15-13-11-9-7-2/h13,15,35,39H,6-12,14,16-34H2,1-5H3/p+1/b15-13-. The van der Waals surface area contributed by atoms with E-state index in [0.29, 0.717) is 23.9 Å². The van der Waals surface area contributed by atoms with Crippen LogP contribution in [0.2, 0.25) is 0 Å². The van der Waals surface area contributed by atoms with Crippen LogP contribution in [0.3, 0.4) is 0 Å². The molecule has 0 bridgehead atoms. The number of carboxylic acids is 1. The van der Waals surface area contributed by atoms with Crippen LogP contribution in [0.1, 0.15) is 162 Å². The van der Waals surface area contributed by atoms with Gasteiger partial charge in [0.1, 0.15) is 13.2 Å². The minimum Gasteiger partial charge on any atom is -0.477 e. The van der Waals surface area contributed by atoms with Crippen LogP contribution < -0.4 is 0 Å². The number of ether oxygens (including phenoxy) is 4. The highest BCUT2D eigenvalue weighted by Crippen LogP contribution is 2.14. The second kappa shape index (κ2) is 32.2. The normalized spacial score (nSPS) is 13.1. The molecule has 0 amide bonds. The zero-order valence-electron chi connectivity index (χ0n) is 31.7. The average Bonchev–Trinajstić information content (AvgIpc) is 3.03. The number of carbonyl (C=O) groups excluding carboxylic acids is 2. The van der Waals surface area contributed by atoms with Gasteiger partial charge in [-0.15, -0.1) is 0 Å². The molecule has 2 unspecified atom stereocenters. The van der Waals surface area contributed by atoms with Gasteiger partial charge in [0.15, 0.2) is 6.10 Å². The number of hydrogen-bond donors (Lipinski definition) is 1. The van der Waals surface area contributed by atoms with Crippen molar-refractivity contribution in [2.45, 2.75) is 174 Å². The molecule has 0 aromatic rings. The van der Waals surface area contributed by atoms with E-state index < -0.39 is 24.3 Å². The first-order valence-corrected chi connectivity index (χ1v) is 19.4. The Balaban J connectivity index is 4.54. The van der Waals surface area contributed by atoms with Crippen LogP contribution in [0.4, 0.5) is 0 Å². The van der Waals surface area contributed by atoms with E-state index in [1.54, 1.807) is 0 Å². The van der Waals surface area contributed by atoms with Gasteiger partial charge >= 0.3 is 17.9 Å². The molecule has 0 saturated carbocycles. The van der Waals surface area contributed by atoms with E-state index >= 15 is 0 Å². The Kier molecular flexibility index (Phi) is 30.9. The van der Waals surface area contributed by atoms with Gasteiger partial charge in [0.25, 0.3) is 6.29 Å². The van der Waals surface area contributed by atoms with E-state index in [0.717, 1.165) is 57.8 Å². The number of rotatable bonds is 35. The quantitative estimate of drug-likeness (QED) is 0.0232. The van der Waals surface area contributed by atoms with Gasteiger partial charge in [-0.2, -0.15) is 0 Å². The van der Waals surface area contributed by atoms with E-state index in [1.165, 1.54) is 70.6 Å². The SMILES string of the molecule is CCCC/C=C\CCCCCCCC(=O)OC(COC(=O)CCCCCCCCCCCCCC)COC(OCC[N+](C)(C)C)C(=O)O. The number of hydrogen-bond acceptors (Lipinski definition) is 7. The number of esters is 2. The van der Waals surface area contributed by atoms with Crippen molar-refractivity contribution < 1.29 is 42.9 Å². The summed E-state index contributed by atoms with van der Waals surface area (Å²) in [5.41, 5.74) is 0. The maximum absolute atomic E-state index is 12.6. The molecule has 0 aromatic heterocycles. The third kappa shape index (κ3) is 32.6. The highest BCUT2D eigenvalue weighted by Gasteiger charge is 2.25. The summed E-state index contributed by atoms with van der Waals surface area (Å²) in [5.74, 6) is -2.02. The van der Waals surface area contributed by atoms with Crippen LogP contribution >= 0.6 is 0 Å². The van der Waals surface area contributed by atoms with Crippen molar-refractivity contribution in [2.24, 2.45) is 0 Å². The highest BCUT2D eigenvalue weighted by molar-refractivity contribution is 5.71. The Hall–Kier alpha value is -1.97. The summed E-state index contributed by atoms with van der Waals surface area (Å²) >= 11 is 0. The number of aliphatic carboxylic acids is 1. The van der Waals surface area contributed by atoms with Crippen LogP contribution in [0.25, 0.3) is 0 Å². The van der Waals surface area contributed by atoms with Crippen molar-refractivity contribution in [1.82, 2.24) is 0 Å². The summed E-state index contributed by atoms with van der Waals surface area (Å²) in [5, 5.41) is 9.57. The molecule has 2 atom stereocenters. The van der Waals surface area contributed by atoms with Crippen LogP contribution in [0, 0.1) is 0 Å². The van der Waals surface area contributed by atoms with E-state index in [1.807, 2.05) is 21.1 Å². The monoisotopic (exact) mass is 685 g/mol. The first-order valence-electron chi connectivity index (χ1n) is 19.4. The summed E-state index contributed by atoms with van der Waals surface area (Å²) < 4.78 is 22.6. The van der Waals surface area contributed by atoms with Crippen LogP contribution in [-0.2, 0) is 33.3 Å². The average molecular weight is 685 g/mol. The number of nitrogens with zero attached hydrogens (tertiary/aromatic N) is 1. The van der Waals surface area contributed by atoms with Crippen molar-refractivity contribution in [2.75, 3.05) is 47.5 Å². The van der Waals surface area contributed by atoms with Gasteiger partial charge in [0.05, 0.1) is 34.4 Å². The van der Waals surface area contributed by atoms with Crippen LogP contribution in [0.15, 0.2) is 12.2 Å². The molecule has 0 spiro atoms. The van der Waals surface area contributed by atoms with E-state index in [2.05, 4.69) is 26.0 Å². The molecule has 9 nitrogen and oxygen atoms in total. The number of carboxylic acid groups (broad SMARTS) is 1. The van der Waals surface area contributed by atoms with Crippen molar-refractivity contribution in [3.63, 3.8) is 0 Å². The lowest BCUT2D eigenvalue weighted by molar-refractivity contribution is -0.870. The molecule has 1 N–H and O–H groups in total. The molecule has 48 heavy (non-hydrogen) atoms. The van der Waals surface area contributed by atoms with Crippen LogP contribution in [-0.4, -0.2) is 87.4 Å². The van der Waals surface area contributed by atoms with Gasteiger partial charge < -0.3 is 28.5 Å². The minimum atomic E-state index is -1.50. The summed E-state index contributed by atoms with van der Waals surface area (Å²) in [6.07, 6.45) is 27.0. The Morgan fingerprint density at radius 3 is 1.60 bits per heavy atom. The molecule has 0 aliphatic heterocycles. The maximum atomic E-state index is 12.6.